The van der Waals surface area contributed by atoms with E-state index < -0.39 is 0 Å². The van der Waals surface area contributed by atoms with Crippen LogP contribution in [0.1, 0.15) is 45.4 Å². The largest absolute Gasteiger partial charge is 0.395 e. The first-order valence-electron chi connectivity index (χ1n) is 7.43. The Bertz CT molecular complexity index is 220. The van der Waals surface area contributed by atoms with E-state index in [4.69, 9.17) is 0 Å². The van der Waals surface area contributed by atoms with Gasteiger partial charge in [-0.25, -0.2) is 0 Å². The summed E-state index contributed by atoms with van der Waals surface area (Å²) in [6, 6.07) is 1.07. The highest BCUT2D eigenvalue weighted by Gasteiger charge is 2.33. The van der Waals surface area contributed by atoms with Crippen LogP contribution >= 0.6 is 0 Å². The molecule has 2 rings (SSSR count). The van der Waals surface area contributed by atoms with Gasteiger partial charge in [0.2, 0.25) is 0 Å². The normalized spacial score (nSPS) is 32.1. The lowest BCUT2D eigenvalue weighted by Crippen LogP contribution is -2.52. The van der Waals surface area contributed by atoms with Gasteiger partial charge in [-0.1, -0.05) is 19.8 Å². The topological polar surface area (TPSA) is 35.5 Å². The fraction of sp³-hybridized carbons (Fsp3) is 1.00. The molecule has 1 saturated heterocycles. The van der Waals surface area contributed by atoms with Crippen LogP contribution in [0.15, 0.2) is 0 Å². The Morgan fingerprint density at radius 1 is 1.24 bits per heavy atom. The number of hydrogen-bond donors (Lipinski definition) is 2. The van der Waals surface area contributed by atoms with E-state index >= 15 is 0 Å². The van der Waals surface area contributed by atoms with Crippen LogP contribution < -0.4 is 5.32 Å². The third kappa shape index (κ3) is 3.43. The molecule has 17 heavy (non-hydrogen) atoms. The second kappa shape index (κ2) is 6.72. The first kappa shape index (κ1) is 13.3. The van der Waals surface area contributed by atoms with Crippen molar-refractivity contribution in [2.45, 2.75) is 57.5 Å². The van der Waals surface area contributed by atoms with E-state index in [1.807, 2.05) is 0 Å². The molecule has 2 N–H and O–H groups in total. The lowest BCUT2D eigenvalue weighted by Gasteiger charge is -2.45. The first-order valence-corrected chi connectivity index (χ1v) is 7.43. The van der Waals surface area contributed by atoms with E-state index in [0.717, 1.165) is 25.0 Å². The van der Waals surface area contributed by atoms with E-state index in [1.54, 1.807) is 0 Å². The van der Waals surface area contributed by atoms with Crippen molar-refractivity contribution in [2.24, 2.45) is 5.92 Å². The van der Waals surface area contributed by atoms with Crippen LogP contribution in [-0.2, 0) is 0 Å². The molecule has 1 aliphatic heterocycles. The van der Waals surface area contributed by atoms with Crippen molar-refractivity contribution >= 4 is 0 Å². The predicted molar refractivity (Wildman–Crippen MR) is 71.1 cm³/mol. The fourth-order valence-electron chi connectivity index (χ4n) is 3.71. The van der Waals surface area contributed by atoms with E-state index in [9.17, 15) is 5.11 Å². The summed E-state index contributed by atoms with van der Waals surface area (Å²) in [7, 11) is 0. The number of fused-ring (bicyclic) bond motifs is 1. The Labute approximate surface area is 106 Å². The molecule has 0 aromatic carbocycles. The second-order valence-electron chi connectivity index (χ2n) is 5.69. The van der Waals surface area contributed by atoms with E-state index in [-0.39, 0.29) is 12.6 Å². The highest BCUT2D eigenvalue weighted by atomic mass is 16.3. The maximum atomic E-state index is 9.39. The van der Waals surface area contributed by atoms with Crippen molar-refractivity contribution in [2.75, 3.05) is 26.2 Å². The van der Waals surface area contributed by atoms with Gasteiger partial charge in [-0.3, -0.25) is 4.90 Å². The number of likely N-dealkylation sites (N-methyl/N-ethyl adjacent to an activating group) is 1. The number of aliphatic hydroxyl groups is 1. The molecule has 0 aromatic heterocycles. The summed E-state index contributed by atoms with van der Waals surface area (Å²) in [5, 5.41) is 12.8. The predicted octanol–water partition coefficient (Wildman–Crippen LogP) is 1.61. The summed E-state index contributed by atoms with van der Waals surface area (Å²) in [5.74, 6) is 0.943. The van der Waals surface area contributed by atoms with Gasteiger partial charge in [0.25, 0.3) is 0 Å². The van der Waals surface area contributed by atoms with Crippen molar-refractivity contribution in [3.8, 4) is 0 Å². The molecule has 3 atom stereocenters. The zero-order valence-corrected chi connectivity index (χ0v) is 11.2. The Morgan fingerprint density at radius 2 is 2.00 bits per heavy atom. The Morgan fingerprint density at radius 3 is 2.76 bits per heavy atom. The minimum Gasteiger partial charge on any atom is -0.395 e. The summed E-state index contributed by atoms with van der Waals surface area (Å²) in [6.07, 6.45) is 8.45. The molecule has 3 nitrogen and oxygen atoms in total. The molecule has 3 heteroatoms. The van der Waals surface area contributed by atoms with Gasteiger partial charge in [0.15, 0.2) is 0 Å². The average molecular weight is 240 g/mol. The van der Waals surface area contributed by atoms with Crippen LogP contribution in [0.2, 0.25) is 0 Å². The molecular weight excluding hydrogens is 212 g/mol. The summed E-state index contributed by atoms with van der Waals surface area (Å²) in [5.41, 5.74) is 0. The molecule has 0 amide bonds. The summed E-state index contributed by atoms with van der Waals surface area (Å²) in [4.78, 5) is 2.65. The molecule has 0 bridgehead atoms. The van der Waals surface area contributed by atoms with Crippen molar-refractivity contribution in [3.63, 3.8) is 0 Å². The monoisotopic (exact) mass is 240 g/mol. The molecule has 1 heterocycles. The highest BCUT2D eigenvalue weighted by Crippen LogP contribution is 2.35. The zero-order chi connectivity index (χ0) is 12.1. The standard InChI is InChI=1S/C14H28N2O/c1-2-15-13(11-17)10-16-9-5-7-12-6-3-4-8-14(12)16/h12-15,17H,2-11H2,1H3. The second-order valence-corrected chi connectivity index (χ2v) is 5.69. The molecule has 0 radical (unpaired) electrons. The van der Waals surface area contributed by atoms with Gasteiger partial charge in [-0.05, 0) is 44.7 Å². The third-order valence-corrected chi connectivity index (χ3v) is 4.53. The van der Waals surface area contributed by atoms with E-state index in [2.05, 4.69) is 17.1 Å². The quantitative estimate of drug-likeness (QED) is 0.766. The Balaban J connectivity index is 1.89. The lowest BCUT2D eigenvalue weighted by molar-refractivity contribution is 0.0462. The summed E-state index contributed by atoms with van der Waals surface area (Å²) >= 11 is 0. The van der Waals surface area contributed by atoms with Crippen LogP contribution in [-0.4, -0.2) is 48.3 Å². The van der Waals surface area contributed by atoms with Crippen LogP contribution in [0, 0.1) is 5.92 Å². The molecule has 2 fully saturated rings. The number of nitrogens with zero attached hydrogens (tertiary/aromatic N) is 1. The molecule has 3 unspecified atom stereocenters. The maximum Gasteiger partial charge on any atom is 0.0597 e. The summed E-state index contributed by atoms with van der Waals surface area (Å²) in [6.45, 7) is 5.60. The van der Waals surface area contributed by atoms with Gasteiger partial charge in [-0.2, -0.15) is 0 Å². The van der Waals surface area contributed by atoms with E-state index in [0.29, 0.717) is 0 Å². The third-order valence-electron chi connectivity index (χ3n) is 4.53. The smallest absolute Gasteiger partial charge is 0.0597 e. The number of hydrogen-bond acceptors (Lipinski definition) is 3. The average Bonchev–Trinajstić information content (AvgIpc) is 2.38. The fourth-order valence-corrected chi connectivity index (χ4v) is 3.71. The number of rotatable bonds is 5. The van der Waals surface area contributed by atoms with Gasteiger partial charge >= 0.3 is 0 Å². The van der Waals surface area contributed by atoms with Crippen molar-refractivity contribution < 1.29 is 5.11 Å². The number of nitrogens with one attached hydrogen (secondary N) is 1. The van der Waals surface area contributed by atoms with Gasteiger partial charge in [0, 0.05) is 18.6 Å². The van der Waals surface area contributed by atoms with Gasteiger partial charge in [-0.15, -0.1) is 0 Å². The van der Waals surface area contributed by atoms with Crippen LogP contribution in [0.4, 0.5) is 0 Å². The zero-order valence-electron chi connectivity index (χ0n) is 11.2. The van der Waals surface area contributed by atoms with Gasteiger partial charge < -0.3 is 10.4 Å². The van der Waals surface area contributed by atoms with Crippen molar-refractivity contribution in [1.82, 2.24) is 10.2 Å². The van der Waals surface area contributed by atoms with Crippen molar-refractivity contribution in [3.05, 3.63) is 0 Å². The number of aliphatic hydroxyl groups excluding tert-OH is 1. The number of piperidine rings is 1. The summed E-state index contributed by atoms with van der Waals surface area (Å²) < 4.78 is 0. The lowest BCUT2D eigenvalue weighted by atomic mass is 9.78. The highest BCUT2D eigenvalue weighted by molar-refractivity contribution is 4.89. The molecule has 1 aliphatic carbocycles. The van der Waals surface area contributed by atoms with Crippen LogP contribution in [0.25, 0.3) is 0 Å². The molecule has 0 spiro atoms. The molecule has 0 aromatic rings. The van der Waals surface area contributed by atoms with Crippen LogP contribution in [0.3, 0.4) is 0 Å². The molecule has 2 aliphatic rings. The van der Waals surface area contributed by atoms with Gasteiger partial charge in [0.1, 0.15) is 0 Å². The molecular formula is C14H28N2O. The maximum absolute atomic E-state index is 9.39. The van der Waals surface area contributed by atoms with Crippen LogP contribution in [0.5, 0.6) is 0 Å². The minimum absolute atomic E-state index is 0.265. The minimum atomic E-state index is 0.265. The first-order chi connectivity index (χ1) is 8.35. The number of likely N-dealkylation sites (tertiary alicyclic amines) is 1. The Hall–Kier alpha value is -0.120. The Kier molecular flexibility index (Phi) is 5.26. The van der Waals surface area contributed by atoms with Crippen molar-refractivity contribution in [1.29, 1.82) is 0 Å². The SMILES string of the molecule is CCNC(CO)CN1CCCC2CCCCC21. The van der Waals surface area contributed by atoms with E-state index in [1.165, 1.54) is 45.1 Å². The molecule has 100 valence electrons. The van der Waals surface area contributed by atoms with Gasteiger partial charge in [0.05, 0.1) is 6.61 Å². The molecule has 1 saturated carbocycles.